The van der Waals surface area contributed by atoms with Gasteiger partial charge in [-0.3, -0.25) is 19.3 Å². The van der Waals surface area contributed by atoms with Gasteiger partial charge in [0.15, 0.2) is 0 Å². The van der Waals surface area contributed by atoms with Gasteiger partial charge in [-0.1, -0.05) is 48.0 Å². The molecule has 1 heterocycles. The number of hydrogen-bond donors (Lipinski definition) is 2. The van der Waals surface area contributed by atoms with Crippen molar-refractivity contribution in [3.63, 3.8) is 0 Å². The van der Waals surface area contributed by atoms with Crippen LogP contribution < -0.4 is 4.72 Å². The highest BCUT2D eigenvalue weighted by Crippen LogP contribution is 2.24. The van der Waals surface area contributed by atoms with Crippen LogP contribution in [0, 0.1) is 0 Å². The topological polar surface area (TPSA) is 121 Å². The monoisotopic (exact) mass is 484 g/mol. The number of sulfonamides is 1. The summed E-state index contributed by atoms with van der Waals surface area (Å²) in [6, 6.07) is 17.2. The van der Waals surface area contributed by atoms with Crippen molar-refractivity contribution in [1.29, 1.82) is 0 Å². The number of carbonyl (C=O) groups is 3. The van der Waals surface area contributed by atoms with Gasteiger partial charge in [-0.2, -0.15) is 4.72 Å². The predicted octanol–water partition coefficient (Wildman–Crippen LogP) is 3.03. The van der Waals surface area contributed by atoms with Gasteiger partial charge < -0.3 is 5.11 Å². The van der Waals surface area contributed by atoms with Gasteiger partial charge in [0.05, 0.1) is 22.6 Å². The van der Waals surface area contributed by atoms with Crippen molar-refractivity contribution in [3.05, 3.63) is 88.9 Å². The third-order valence-electron chi connectivity index (χ3n) is 5.18. The lowest BCUT2D eigenvalue weighted by atomic mass is 10.1. The number of carboxylic acids is 1. The smallest absolute Gasteiger partial charge is 0.323 e. The summed E-state index contributed by atoms with van der Waals surface area (Å²) in [6.45, 7) is -0.649. The maximum absolute atomic E-state index is 12.8. The zero-order valence-corrected chi connectivity index (χ0v) is 18.5. The van der Waals surface area contributed by atoms with E-state index in [4.69, 9.17) is 11.6 Å². The number of fused-ring (bicyclic) bond motifs is 1. The summed E-state index contributed by atoms with van der Waals surface area (Å²) in [5.41, 5.74) is 1.86. The van der Waals surface area contributed by atoms with Crippen molar-refractivity contribution >= 4 is 39.4 Å². The van der Waals surface area contributed by atoms with Crippen LogP contribution in [0.3, 0.4) is 0 Å². The van der Waals surface area contributed by atoms with Gasteiger partial charge in [0, 0.05) is 5.02 Å². The number of nitrogens with zero attached hydrogens (tertiary/aromatic N) is 1. The molecule has 0 aliphatic carbocycles. The molecule has 1 aliphatic heterocycles. The fraction of sp³-hybridized carbons (Fsp3) is 0.0870. The maximum atomic E-state index is 12.8. The fourth-order valence-corrected chi connectivity index (χ4v) is 4.78. The molecule has 0 saturated heterocycles. The first-order valence-corrected chi connectivity index (χ1v) is 11.6. The number of carbonyl (C=O) groups excluding carboxylic acids is 2. The lowest BCUT2D eigenvalue weighted by Gasteiger charge is -2.20. The SMILES string of the molecule is O=C(O)[C@@H](CN1C(=O)c2ccccc2C1=O)NS(=O)(=O)c1ccc(-c2ccc(Cl)cc2)cc1. The second-order valence-electron chi connectivity index (χ2n) is 7.31. The molecule has 33 heavy (non-hydrogen) atoms. The second-order valence-corrected chi connectivity index (χ2v) is 9.46. The summed E-state index contributed by atoms with van der Waals surface area (Å²) in [4.78, 5) is 37.4. The minimum Gasteiger partial charge on any atom is -0.480 e. The molecule has 1 atom stereocenters. The molecule has 0 bridgehead atoms. The highest BCUT2D eigenvalue weighted by molar-refractivity contribution is 7.89. The third-order valence-corrected chi connectivity index (χ3v) is 6.92. The van der Waals surface area contributed by atoms with Crippen LogP contribution in [-0.2, 0) is 14.8 Å². The molecule has 0 unspecified atom stereocenters. The number of halogens is 1. The largest absolute Gasteiger partial charge is 0.480 e. The summed E-state index contributed by atoms with van der Waals surface area (Å²) < 4.78 is 27.7. The molecule has 2 N–H and O–H groups in total. The van der Waals surface area contributed by atoms with E-state index in [0.717, 1.165) is 16.0 Å². The molecule has 2 amide bonds. The summed E-state index contributed by atoms with van der Waals surface area (Å²) in [5, 5.41) is 10.1. The number of hydrogen-bond acceptors (Lipinski definition) is 5. The summed E-state index contributed by atoms with van der Waals surface area (Å²) in [7, 11) is -4.26. The number of nitrogens with one attached hydrogen (secondary N) is 1. The van der Waals surface area contributed by atoms with Crippen LogP contribution in [0.15, 0.2) is 77.7 Å². The van der Waals surface area contributed by atoms with E-state index in [-0.39, 0.29) is 16.0 Å². The molecule has 0 fully saturated rings. The average molecular weight is 485 g/mol. The Hall–Kier alpha value is -3.53. The average Bonchev–Trinajstić information content (AvgIpc) is 3.04. The van der Waals surface area contributed by atoms with Crippen molar-refractivity contribution in [2.75, 3.05) is 6.54 Å². The van der Waals surface area contributed by atoms with E-state index in [0.29, 0.717) is 5.02 Å². The fourth-order valence-electron chi connectivity index (χ4n) is 3.48. The minimum absolute atomic E-state index is 0.146. The van der Waals surface area contributed by atoms with E-state index in [9.17, 15) is 27.9 Å². The van der Waals surface area contributed by atoms with Gasteiger partial charge in [0.25, 0.3) is 11.8 Å². The number of aliphatic carboxylic acids is 1. The van der Waals surface area contributed by atoms with Crippen LogP contribution in [-0.4, -0.2) is 48.8 Å². The molecule has 0 spiro atoms. The van der Waals surface area contributed by atoms with Gasteiger partial charge in [0.2, 0.25) is 10.0 Å². The van der Waals surface area contributed by atoms with E-state index in [1.54, 1.807) is 48.5 Å². The molecular weight excluding hydrogens is 468 g/mol. The van der Waals surface area contributed by atoms with Crippen LogP contribution in [0.4, 0.5) is 0 Å². The quantitative estimate of drug-likeness (QED) is 0.497. The number of benzene rings is 3. The number of carboxylic acid groups (broad SMARTS) is 1. The van der Waals surface area contributed by atoms with Crippen LogP contribution in [0.5, 0.6) is 0 Å². The molecule has 168 valence electrons. The molecule has 0 aromatic heterocycles. The van der Waals surface area contributed by atoms with E-state index in [2.05, 4.69) is 4.72 Å². The maximum Gasteiger partial charge on any atom is 0.323 e. The first-order valence-electron chi connectivity index (χ1n) is 9.74. The Labute approximate surface area is 194 Å². The van der Waals surface area contributed by atoms with Gasteiger partial charge in [-0.05, 0) is 47.5 Å². The molecule has 3 aromatic carbocycles. The normalized spacial score (nSPS) is 14.3. The summed E-state index contributed by atoms with van der Waals surface area (Å²) >= 11 is 5.88. The van der Waals surface area contributed by atoms with Crippen LogP contribution in [0.2, 0.25) is 5.02 Å². The van der Waals surface area contributed by atoms with Crippen molar-refractivity contribution in [3.8, 4) is 11.1 Å². The van der Waals surface area contributed by atoms with Crippen molar-refractivity contribution in [2.45, 2.75) is 10.9 Å². The third kappa shape index (κ3) is 4.51. The van der Waals surface area contributed by atoms with Gasteiger partial charge >= 0.3 is 5.97 Å². The molecule has 0 radical (unpaired) electrons. The predicted molar refractivity (Wildman–Crippen MR) is 120 cm³/mol. The highest BCUT2D eigenvalue weighted by atomic mass is 35.5. The van der Waals surface area contributed by atoms with Crippen molar-refractivity contribution < 1.29 is 27.9 Å². The number of imide groups is 1. The molecule has 8 nitrogen and oxygen atoms in total. The Morgan fingerprint density at radius 1 is 0.879 bits per heavy atom. The first kappa shape index (κ1) is 22.7. The minimum atomic E-state index is -4.26. The van der Waals surface area contributed by atoms with Gasteiger partial charge in [-0.25, -0.2) is 8.42 Å². The van der Waals surface area contributed by atoms with Gasteiger partial charge in [-0.15, -0.1) is 0 Å². The van der Waals surface area contributed by atoms with E-state index < -0.39 is 40.4 Å². The number of rotatable bonds is 7. The Balaban J connectivity index is 1.53. The Kier molecular flexibility index (Phi) is 6.03. The summed E-state index contributed by atoms with van der Waals surface area (Å²) in [5.74, 6) is -2.87. The van der Waals surface area contributed by atoms with Crippen molar-refractivity contribution in [2.24, 2.45) is 0 Å². The Morgan fingerprint density at radius 2 is 1.36 bits per heavy atom. The Morgan fingerprint density at radius 3 is 1.85 bits per heavy atom. The van der Waals surface area contributed by atoms with E-state index >= 15 is 0 Å². The lowest BCUT2D eigenvalue weighted by Crippen LogP contribution is -2.49. The number of amides is 2. The van der Waals surface area contributed by atoms with Crippen LogP contribution in [0.1, 0.15) is 20.7 Å². The zero-order valence-electron chi connectivity index (χ0n) is 16.9. The first-order chi connectivity index (χ1) is 15.7. The Bertz CT molecular complexity index is 1320. The molecule has 3 aromatic rings. The highest BCUT2D eigenvalue weighted by Gasteiger charge is 2.39. The molecular formula is C23H17ClN2O6S. The standard InChI is InChI=1S/C23H17ClN2O6S/c24-16-9-5-14(6-10-16)15-7-11-17(12-8-15)33(31,32)25-20(23(29)30)13-26-21(27)18-3-1-2-4-19(18)22(26)28/h1-12,20,25H,13H2,(H,29,30)/t20-/m1/s1. The van der Waals surface area contributed by atoms with Gasteiger partial charge in [0.1, 0.15) is 6.04 Å². The molecule has 1 aliphatic rings. The zero-order chi connectivity index (χ0) is 23.8. The summed E-state index contributed by atoms with van der Waals surface area (Å²) in [6.07, 6.45) is 0. The molecule has 4 rings (SSSR count). The second kappa shape index (κ2) is 8.78. The van der Waals surface area contributed by atoms with Crippen molar-refractivity contribution in [1.82, 2.24) is 9.62 Å². The van der Waals surface area contributed by atoms with E-state index in [1.165, 1.54) is 24.3 Å². The van der Waals surface area contributed by atoms with E-state index in [1.807, 2.05) is 0 Å². The molecule has 0 saturated carbocycles. The lowest BCUT2D eigenvalue weighted by molar-refractivity contribution is -0.139. The molecule has 10 heteroatoms. The van der Waals surface area contributed by atoms with Crippen LogP contribution in [0.25, 0.3) is 11.1 Å². The van der Waals surface area contributed by atoms with Crippen LogP contribution >= 0.6 is 11.6 Å².